The molecule has 8 heteroatoms. The molecule has 0 saturated heterocycles. The SMILES string of the molecule is CCOc1ccccc1NC(=O)COC(=O)CCCC(=O)Nc1ccc(Oc2ccc(C(C)(C)C)cc2)cc1. The van der Waals surface area contributed by atoms with Crippen molar-refractivity contribution in [2.24, 2.45) is 0 Å². The summed E-state index contributed by atoms with van der Waals surface area (Å²) >= 11 is 0. The van der Waals surface area contributed by atoms with Crippen molar-refractivity contribution in [1.82, 2.24) is 0 Å². The molecule has 3 rings (SSSR count). The lowest BCUT2D eigenvalue weighted by Crippen LogP contribution is -2.21. The summed E-state index contributed by atoms with van der Waals surface area (Å²) in [5, 5.41) is 5.46. The van der Waals surface area contributed by atoms with Crippen LogP contribution in [0.25, 0.3) is 0 Å². The highest BCUT2D eigenvalue weighted by Gasteiger charge is 2.14. The first-order valence-electron chi connectivity index (χ1n) is 13.0. The Hall–Kier alpha value is -4.33. The van der Waals surface area contributed by atoms with Crippen molar-refractivity contribution in [2.75, 3.05) is 23.8 Å². The van der Waals surface area contributed by atoms with Gasteiger partial charge in [-0.05, 0) is 72.9 Å². The largest absolute Gasteiger partial charge is 0.492 e. The van der Waals surface area contributed by atoms with E-state index in [1.807, 2.05) is 19.1 Å². The lowest BCUT2D eigenvalue weighted by Gasteiger charge is -2.19. The van der Waals surface area contributed by atoms with E-state index in [0.717, 1.165) is 5.75 Å². The number of carbonyl (C=O) groups excluding carboxylic acids is 3. The van der Waals surface area contributed by atoms with Crippen LogP contribution in [-0.2, 0) is 24.5 Å². The summed E-state index contributed by atoms with van der Waals surface area (Å²) in [4.78, 5) is 36.4. The molecule has 0 bridgehead atoms. The average Bonchev–Trinajstić information content (AvgIpc) is 2.90. The summed E-state index contributed by atoms with van der Waals surface area (Å²) < 4.78 is 16.4. The fraction of sp³-hybridized carbons (Fsp3) is 0.323. The first-order chi connectivity index (χ1) is 18.6. The third kappa shape index (κ3) is 9.81. The van der Waals surface area contributed by atoms with Gasteiger partial charge in [-0.1, -0.05) is 45.0 Å². The predicted octanol–water partition coefficient (Wildman–Crippen LogP) is 6.47. The number of anilines is 2. The van der Waals surface area contributed by atoms with Crippen molar-refractivity contribution >= 4 is 29.2 Å². The molecule has 0 aromatic heterocycles. The number of ether oxygens (including phenoxy) is 3. The van der Waals surface area contributed by atoms with Gasteiger partial charge in [-0.3, -0.25) is 14.4 Å². The first kappa shape index (κ1) is 29.2. The summed E-state index contributed by atoms with van der Waals surface area (Å²) in [6, 6.07) is 22.1. The average molecular weight is 533 g/mol. The monoisotopic (exact) mass is 532 g/mol. The van der Waals surface area contributed by atoms with Crippen molar-refractivity contribution in [3.63, 3.8) is 0 Å². The van der Waals surface area contributed by atoms with E-state index in [4.69, 9.17) is 14.2 Å². The van der Waals surface area contributed by atoms with Crippen LogP contribution in [0.4, 0.5) is 11.4 Å². The molecule has 0 unspecified atom stereocenters. The van der Waals surface area contributed by atoms with E-state index in [-0.39, 0.29) is 24.2 Å². The Labute approximate surface area is 229 Å². The molecule has 39 heavy (non-hydrogen) atoms. The molecule has 3 aromatic rings. The molecule has 0 spiro atoms. The van der Waals surface area contributed by atoms with Gasteiger partial charge in [0.15, 0.2) is 6.61 Å². The minimum absolute atomic E-state index is 0.0248. The number of carbonyl (C=O) groups is 3. The molecule has 3 aromatic carbocycles. The normalized spacial score (nSPS) is 10.9. The first-order valence-corrected chi connectivity index (χ1v) is 13.0. The van der Waals surface area contributed by atoms with Crippen LogP contribution in [0.15, 0.2) is 72.8 Å². The molecule has 0 aliphatic carbocycles. The highest BCUT2D eigenvalue weighted by molar-refractivity contribution is 5.94. The summed E-state index contributed by atoms with van der Waals surface area (Å²) in [6.45, 7) is 8.38. The predicted molar refractivity (Wildman–Crippen MR) is 151 cm³/mol. The molecule has 8 nitrogen and oxygen atoms in total. The van der Waals surface area contributed by atoms with Crippen molar-refractivity contribution in [1.29, 1.82) is 0 Å². The number of hydrogen-bond acceptors (Lipinski definition) is 6. The van der Waals surface area contributed by atoms with Crippen LogP contribution in [-0.4, -0.2) is 31.0 Å². The molecule has 0 fully saturated rings. The number of esters is 1. The lowest BCUT2D eigenvalue weighted by molar-refractivity contribution is -0.147. The fourth-order valence-electron chi connectivity index (χ4n) is 3.64. The third-order valence-electron chi connectivity index (χ3n) is 5.70. The van der Waals surface area contributed by atoms with E-state index in [9.17, 15) is 14.4 Å². The Morgan fingerprint density at radius 1 is 0.769 bits per heavy atom. The maximum Gasteiger partial charge on any atom is 0.306 e. The Kier molecular flexibility index (Phi) is 10.5. The van der Waals surface area contributed by atoms with E-state index in [1.54, 1.807) is 48.5 Å². The Balaban J connectivity index is 1.35. The molecule has 0 aliphatic heterocycles. The van der Waals surface area contributed by atoms with Gasteiger partial charge in [0.05, 0.1) is 12.3 Å². The zero-order valence-corrected chi connectivity index (χ0v) is 22.9. The van der Waals surface area contributed by atoms with E-state index >= 15 is 0 Å². The minimum atomic E-state index is -0.548. The van der Waals surface area contributed by atoms with Crippen molar-refractivity contribution in [3.05, 3.63) is 78.4 Å². The van der Waals surface area contributed by atoms with Crippen LogP contribution in [0.3, 0.4) is 0 Å². The molecule has 2 N–H and O–H groups in total. The van der Waals surface area contributed by atoms with Gasteiger partial charge in [0.1, 0.15) is 17.2 Å². The van der Waals surface area contributed by atoms with E-state index < -0.39 is 18.5 Å². The molecule has 0 radical (unpaired) electrons. The zero-order valence-electron chi connectivity index (χ0n) is 22.9. The van der Waals surface area contributed by atoms with Gasteiger partial charge in [0, 0.05) is 18.5 Å². The smallest absolute Gasteiger partial charge is 0.306 e. The Morgan fingerprint density at radius 2 is 1.41 bits per heavy atom. The summed E-state index contributed by atoms with van der Waals surface area (Å²) in [7, 11) is 0. The Morgan fingerprint density at radius 3 is 2.05 bits per heavy atom. The fourth-order valence-corrected chi connectivity index (χ4v) is 3.64. The highest BCUT2D eigenvalue weighted by atomic mass is 16.5. The number of amides is 2. The number of nitrogens with one attached hydrogen (secondary N) is 2. The topological polar surface area (TPSA) is 103 Å². The maximum atomic E-state index is 12.3. The highest BCUT2D eigenvalue weighted by Crippen LogP contribution is 2.28. The Bertz CT molecular complexity index is 1250. The summed E-state index contributed by atoms with van der Waals surface area (Å²) in [5.74, 6) is 0.693. The third-order valence-corrected chi connectivity index (χ3v) is 5.70. The molecule has 0 aliphatic rings. The van der Waals surface area contributed by atoms with Gasteiger partial charge >= 0.3 is 5.97 Å². The number of rotatable bonds is 12. The molecular formula is C31H36N2O6. The van der Waals surface area contributed by atoms with Gasteiger partial charge in [-0.2, -0.15) is 0 Å². The summed E-state index contributed by atoms with van der Waals surface area (Å²) in [6.07, 6.45) is 0.462. The second-order valence-corrected chi connectivity index (χ2v) is 9.94. The second-order valence-electron chi connectivity index (χ2n) is 9.94. The standard InChI is InChI=1S/C31H36N2O6/c1-5-37-27-10-7-6-9-26(27)33-29(35)21-38-30(36)12-8-11-28(34)32-23-15-19-25(20-16-23)39-24-17-13-22(14-18-24)31(2,3)4/h6-7,9-10,13-20H,5,8,11-12,21H2,1-4H3,(H,32,34)(H,33,35). The van der Waals surface area contributed by atoms with Crippen LogP contribution >= 0.6 is 0 Å². The zero-order chi connectivity index (χ0) is 28.3. The van der Waals surface area contributed by atoms with Gasteiger partial charge < -0.3 is 24.8 Å². The van der Waals surface area contributed by atoms with Crippen LogP contribution in [0.1, 0.15) is 52.5 Å². The van der Waals surface area contributed by atoms with E-state index in [0.29, 0.717) is 35.9 Å². The van der Waals surface area contributed by atoms with Gasteiger partial charge in [-0.25, -0.2) is 0 Å². The molecule has 0 heterocycles. The van der Waals surface area contributed by atoms with Crippen molar-refractivity contribution in [3.8, 4) is 17.2 Å². The van der Waals surface area contributed by atoms with Crippen molar-refractivity contribution in [2.45, 2.75) is 52.4 Å². The second kappa shape index (κ2) is 14.0. The maximum absolute atomic E-state index is 12.3. The molecular weight excluding hydrogens is 496 g/mol. The summed E-state index contributed by atoms with van der Waals surface area (Å²) in [5.41, 5.74) is 2.44. The van der Waals surface area contributed by atoms with Gasteiger partial charge in [0.25, 0.3) is 5.91 Å². The molecule has 0 atom stereocenters. The van der Waals surface area contributed by atoms with Gasteiger partial charge in [-0.15, -0.1) is 0 Å². The molecule has 0 saturated carbocycles. The number of hydrogen-bond donors (Lipinski definition) is 2. The quantitative estimate of drug-likeness (QED) is 0.259. The number of benzene rings is 3. The van der Waals surface area contributed by atoms with E-state index in [1.165, 1.54) is 5.56 Å². The van der Waals surface area contributed by atoms with Crippen LogP contribution in [0.5, 0.6) is 17.2 Å². The minimum Gasteiger partial charge on any atom is -0.492 e. The van der Waals surface area contributed by atoms with Crippen LogP contribution < -0.4 is 20.1 Å². The molecule has 206 valence electrons. The molecule has 2 amide bonds. The van der Waals surface area contributed by atoms with Crippen LogP contribution in [0, 0.1) is 0 Å². The lowest BCUT2D eigenvalue weighted by atomic mass is 9.87. The van der Waals surface area contributed by atoms with Crippen molar-refractivity contribution < 1.29 is 28.6 Å². The number of para-hydroxylation sites is 2. The van der Waals surface area contributed by atoms with Crippen LogP contribution in [0.2, 0.25) is 0 Å². The van der Waals surface area contributed by atoms with Gasteiger partial charge in [0.2, 0.25) is 5.91 Å². The van der Waals surface area contributed by atoms with E-state index in [2.05, 4.69) is 43.5 Å².